The second-order valence-electron chi connectivity index (χ2n) is 6.41. The van der Waals surface area contributed by atoms with Crippen molar-refractivity contribution in [3.63, 3.8) is 0 Å². The number of ether oxygens (including phenoxy) is 1. The Hall–Kier alpha value is -2.85. The highest BCUT2D eigenvalue weighted by atomic mass is 35.5. The van der Waals surface area contributed by atoms with Crippen molar-refractivity contribution in [1.82, 2.24) is 15.3 Å². The number of nitrogens with one attached hydrogen (secondary N) is 2. The molecule has 0 radical (unpaired) electrons. The molecule has 0 saturated carbocycles. The number of halogens is 4. The summed E-state index contributed by atoms with van der Waals surface area (Å²) in [5.41, 5.74) is 0.306. The molecule has 2 N–H and O–H groups in total. The zero-order chi connectivity index (χ0) is 22.4. The number of anilines is 1. The Labute approximate surface area is 185 Å². The Morgan fingerprint density at radius 1 is 1.26 bits per heavy atom. The minimum absolute atomic E-state index is 0.108. The van der Waals surface area contributed by atoms with E-state index in [1.54, 1.807) is 24.3 Å². The van der Waals surface area contributed by atoms with Gasteiger partial charge < -0.3 is 15.4 Å². The molecule has 31 heavy (non-hydrogen) atoms. The number of amides is 1. The van der Waals surface area contributed by atoms with Crippen LogP contribution in [0.5, 0.6) is 5.75 Å². The summed E-state index contributed by atoms with van der Waals surface area (Å²) >= 11 is 7.37. The fraction of sp³-hybridized carbons (Fsp3) is 0.250. The minimum atomic E-state index is -4.51. The van der Waals surface area contributed by atoms with Crippen LogP contribution in [0.3, 0.4) is 0 Å². The molecule has 0 aliphatic carbocycles. The summed E-state index contributed by atoms with van der Waals surface area (Å²) in [6, 6.07) is 7.53. The van der Waals surface area contributed by atoms with Crippen LogP contribution in [-0.4, -0.2) is 29.0 Å². The van der Waals surface area contributed by atoms with Gasteiger partial charge in [0.25, 0.3) is 5.91 Å². The van der Waals surface area contributed by atoms with E-state index in [1.165, 1.54) is 11.3 Å². The summed E-state index contributed by atoms with van der Waals surface area (Å²) in [5, 5.41) is 8.22. The van der Waals surface area contributed by atoms with Crippen LogP contribution < -0.4 is 15.4 Å². The van der Waals surface area contributed by atoms with Crippen molar-refractivity contribution in [2.75, 3.05) is 18.4 Å². The van der Waals surface area contributed by atoms with E-state index in [1.807, 2.05) is 12.3 Å². The van der Waals surface area contributed by atoms with Crippen molar-refractivity contribution >= 4 is 34.7 Å². The molecule has 2 aromatic heterocycles. The lowest BCUT2D eigenvalue weighted by Crippen LogP contribution is -2.29. The molecule has 0 fully saturated rings. The number of aromatic nitrogens is 2. The number of carbonyl (C=O) groups is 1. The first kappa shape index (κ1) is 22.8. The molecule has 0 saturated heterocycles. The predicted octanol–water partition coefficient (Wildman–Crippen LogP) is 4.94. The molecule has 0 spiro atoms. The van der Waals surface area contributed by atoms with Gasteiger partial charge in [0.2, 0.25) is 0 Å². The van der Waals surface area contributed by atoms with Gasteiger partial charge in [-0.1, -0.05) is 17.7 Å². The quantitative estimate of drug-likeness (QED) is 0.456. The normalized spacial score (nSPS) is 11.3. The molecule has 6 nitrogen and oxygen atoms in total. The number of hydrogen-bond donors (Lipinski definition) is 2. The van der Waals surface area contributed by atoms with Crippen molar-refractivity contribution in [3.05, 3.63) is 68.8 Å². The van der Waals surface area contributed by atoms with Crippen LogP contribution in [0.25, 0.3) is 0 Å². The van der Waals surface area contributed by atoms with E-state index in [0.717, 1.165) is 16.8 Å². The lowest BCUT2D eigenvalue weighted by atomic mass is 10.2. The molecule has 164 valence electrons. The zero-order valence-electron chi connectivity index (χ0n) is 16.3. The Morgan fingerprint density at radius 3 is 2.74 bits per heavy atom. The van der Waals surface area contributed by atoms with E-state index in [-0.39, 0.29) is 29.8 Å². The molecule has 1 aromatic carbocycles. The first-order chi connectivity index (χ1) is 14.7. The van der Waals surface area contributed by atoms with Crippen molar-refractivity contribution in [2.24, 2.45) is 0 Å². The fourth-order valence-corrected chi connectivity index (χ4v) is 3.37. The number of benzene rings is 1. The average Bonchev–Trinajstić information content (AvgIpc) is 3.15. The van der Waals surface area contributed by atoms with E-state index >= 15 is 0 Å². The Morgan fingerprint density at radius 2 is 2.06 bits per heavy atom. The van der Waals surface area contributed by atoms with Crippen LogP contribution in [0.1, 0.15) is 26.6 Å². The molecule has 0 aliphatic rings. The summed E-state index contributed by atoms with van der Waals surface area (Å²) in [5.74, 6) is 0.331. The van der Waals surface area contributed by atoms with Gasteiger partial charge in [0, 0.05) is 30.2 Å². The van der Waals surface area contributed by atoms with Crippen LogP contribution in [0.15, 0.2) is 41.9 Å². The Balaban J connectivity index is 1.47. The first-order valence-electron chi connectivity index (χ1n) is 9.11. The summed E-state index contributed by atoms with van der Waals surface area (Å²) in [6.07, 6.45) is -3.81. The smallest absolute Gasteiger partial charge is 0.417 e. The molecule has 3 rings (SSSR count). The Kier molecular flexibility index (Phi) is 7.34. The van der Waals surface area contributed by atoms with Gasteiger partial charge >= 0.3 is 6.18 Å². The van der Waals surface area contributed by atoms with Crippen LogP contribution in [0.2, 0.25) is 5.02 Å². The van der Waals surface area contributed by atoms with Gasteiger partial charge in [0.1, 0.15) is 18.2 Å². The van der Waals surface area contributed by atoms with E-state index < -0.39 is 11.7 Å². The van der Waals surface area contributed by atoms with Gasteiger partial charge in [-0.15, -0.1) is 11.3 Å². The number of thiazole rings is 1. The number of aryl methyl sites for hydroxylation is 1. The number of rotatable bonds is 8. The molecule has 1 amide bonds. The monoisotopic (exact) mass is 470 g/mol. The SMILES string of the molecule is Cc1nc(COc2cccc(C(=O)NCCNc3ncc(C(F)(F)F)cc3Cl)c2)cs1. The van der Waals surface area contributed by atoms with Crippen molar-refractivity contribution in [1.29, 1.82) is 0 Å². The summed E-state index contributed by atoms with van der Waals surface area (Å²) in [6.45, 7) is 2.65. The van der Waals surface area contributed by atoms with E-state index in [9.17, 15) is 18.0 Å². The van der Waals surface area contributed by atoms with Crippen molar-refractivity contribution < 1.29 is 22.7 Å². The maximum absolute atomic E-state index is 12.6. The molecular formula is C20H18ClF3N4O2S. The molecule has 3 aromatic rings. The zero-order valence-corrected chi connectivity index (χ0v) is 17.9. The molecule has 11 heteroatoms. The standard InChI is InChI=1S/C20H18ClF3N4O2S/c1-12-28-15(11-31-12)10-30-16-4-2-3-13(7-16)19(29)26-6-5-25-18-17(21)8-14(9-27-18)20(22,23)24/h2-4,7-9,11H,5-6,10H2,1H3,(H,25,27)(H,26,29). The molecule has 0 unspecified atom stereocenters. The third-order valence-electron chi connectivity index (χ3n) is 4.02. The van der Waals surface area contributed by atoms with Crippen molar-refractivity contribution in [2.45, 2.75) is 19.7 Å². The minimum Gasteiger partial charge on any atom is -0.487 e. The molecule has 2 heterocycles. The maximum atomic E-state index is 12.6. The van der Waals surface area contributed by atoms with E-state index in [0.29, 0.717) is 24.1 Å². The van der Waals surface area contributed by atoms with Crippen LogP contribution in [-0.2, 0) is 12.8 Å². The van der Waals surface area contributed by atoms with Gasteiger partial charge in [-0.05, 0) is 31.2 Å². The number of carbonyl (C=O) groups excluding carboxylic acids is 1. The van der Waals surface area contributed by atoms with Gasteiger partial charge in [-0.3, -0.25) is 4.79 Å². The van der Waals surface area contributed by atoms with Crippen LogP contribution in [0, 0.1) is 6.92 Å². The topological polar surface area (TPSA) is 76.1 Å². The largest absolute Gasteiger partial charge is 0.487 e. The third kappa shape index (κ3) is 6.56. The first-order valence-corrected chi connectivity index (χ1v) is 10.4. The molecule has 0 atom stereocenters. The number of hydrogen-bond acceptors (Lipinski definition) is 6. The number of alkyl halides is 3. The van der Waals surface area contributed by atoms with E-state index in [2.05, 4.69) is 20.6 Å². The predicted molar refractivity (Wildman–Crippen MR) is 113 cm³/mol. The summed E-state index contributed by atoms with van der Waals surface area (Å²) < 4.78 is 43.6. The van der Waals surface area contributed by atoms with Crippen LogP contribution >= 0.6 is 22.9 Å². The summed E-state index contributed by atoms with van der Waals surface area (Å²) in [4.78, 5) is 20.3. The second kappa shape index (κ2) is 9.97. The van der Waals surface area contributed by atoms with Crippen LogP contribution in [0.4, 0.5) is 19.0 Å². The van der Waals surface area contributed by atoms with Gasteiger partial charge in [0.15, 0.2) is 0 Å². The average molecular weight is 471 g/mol. The number of nitrogens with zero attached hydrogens (tertiary/aromatic N) is 2. The molecular weight excluding hydrogens is 453 g/mol. The third-order valence-corrected chi connectivity index (χ3v) is 5.13. The highest BCUT2D eigenvalue weighted by molar-refractivity contribution is 7.09. The second-order valence-corrected chi connectivity index (χ2v) is 7.88. The Bertz CT molecular complexity index is 1060. The van der Waals surface area contributed by atoms with E-state index in [4.69, 9.17) is 16.3 Å². The summed E-state index contributed by atoms with van der Waals surface area (Å²) in [7, 11) is 0. The van der Waals surface area contributed by atoms with Crippen molar-refractivity contribution in [3.8, 4) is 5.75 Å². The maximum Gasteiger partial charge on any atom is 0.417 e. The molecule has 0 aliphatic heterocycles. The highest BCUT2D eigenvalue weighted by Gasteiger charge is 2.31. The lowest BCUT2D eigenvalue weighted by molar-refractivity contribution is -0.137. The molecule has 0 bridgehead atoms. The van der Waals surface area contributed by atoms with Gasteiger partial charge in [-0.25, -0.2) is 9.97 Å². The fourth-order valence-electron chi connectivity index (χ4n) is 2.54. The lowest BCUT2D eigenvalue weighted by Gasteiger charge is -2.11. The van der Waals surface area contributed by atoms with Gasteiger partial charge in [0.05, 0.1) is 21.3 Å². The van der Waals surface area contributed by atoms with Gasteiger partial charge in [-0.2, -0.15) is 13.2 Å². The highest BCUT2D eigenvalue weighted by Crippen LogP contribution is 2.32. The number of pyridine rings is 1.